The van der Waals surface area contributed by atoms with Crippen LogP contribution in [0.1, 0.15) is 46.1 Å². The van der Waals surface area contributed by atoms with Crippen molar-refractivity contribution < 1.29 is 33.6 Å². The molecular formula is C25H23N3O7. The number of hydrogen-bond donors (Lipinski definition) is 3. The Bertz CT molecular complexity index is 1220. The lowest BCUT2D eigenvalue weighted by Gasteiger charge is -2.14. The molecule has 0 bridgehead atoms. The molecule has 1 aromatic heterocycles. The van der Waals surface area contributed by atoms with E-state index in [4.69, 9.17) is 19.2 Å². The van der Waals surface area contributed by atoms with Gasteiger partial charge in [-0.05, 0) is 41.0 Å². The number of fused-ring (bicyclic) bond motifs is 3. The van der Waals surface area contributed by atoms with Gasteiger partial charge >= 0.3 is 12.1 Å². The maximum absolute atomic E-state index is 12.3. The van der Waals surface area contributed by atoms with E-state index in [0.29, 0.717) is 0 Å². The summed E-state index contributed by atoms with van der Waals surface area (Å²) < 4.78 is 10.5. The van der Waals surface area contributed by atoms with Gasteiger partial charge in [-0.1, -0.05) is 53.7 Å². The molecular weight excluding hydrogens is 454 g/mol. The Balaban J connectivity index is 1.11. The Morgan fingerprint density at radius 3 is 2.34 bits per heavy atom. The second-order valence-electron chi connectivity index (χ2n) is 8.50. The number of hydrogen-bond acceptors (Lipinski definition) is 7. The van der Waals surface area contributed by atoms with Crippen LogP contribution in [-0.4, -0.2) is 40.9 Å². The molecule has 3 N–H and O–H groups in total. The molecule has 2 aliphatic carbocycles. The van der Waals surface area contributed by atoms with E-state index in [1.165, 1.54) is 6.07 Å². The average molecular weight is 477 g/mol. The first-order valence-electron chi connectivity index (χ1n) is 11.2. The highest BCUT2D eigenvalue weighted by Gasteiger charge is 2.38. The van der Waals surface area contributed by atoms with E-state index in [0.717, 1.165) is 35.1 Å². The first-order chi connectivity index (χ1) is 17.0. The molecule has 10 heteroatoms. The summed E-state index contributed by atoms with van der Waals surface area (Å²) in [5.41, 5.74) is 6.49. The number of benzene rings is 2. The highest BCUT2D eigenvalue weighted by atomic mass is 16.7. The van der Waals surface area contributed by atoms with Gasteiger partial charge in [-0.3, -0.25) is 9.63 Å². The van der Waals surface area contributed by atoms with Crippen LogP contribution in [0.15, 0.2) is 59.1 Å². The Morgan fingerprint density at radius 2 is 1.71 bits per heavy atom. The highest BCUT2D eigenvalue weighted by Crippen LogP contribution is 2.44. The second kappa shape index (κ2) is 9.59. The number of nitrogens with zero attached hydrogens (tertiary/aromatic N) is 1. The van der Waals surface area contributed by atoms with Crippen molar-refractivity contribution in [3.63, 3.8) is 0 Å². The van der Waals surface area contributed by atoms with E-state index >= 15 is 0 Å². The fourth-order valence-electron chi connectivity index (χ4n) is 4.23. The second-order valence-corrected chi connectivity index (χ2v) is 8.50. The maximum Gasteiger partial charge on any atom is 0.407 e. The number of carboxylic acid groups (broad SMARTS) is 1. The minimum Gasteiger partial charge on any atom is -0.479 e. The van der Waals surface area contributed by atoms with Gasteiger partial charge in [0.05, 0.1) is 6.54 Å². The first kappa shape index (κ1) is 22.6. The van der Waals surface area contributed by atoms with Crippen LogP contribution in [0, 0.1) is 5.92 Å². The number of ether oxygens (including phenoxy) is 1. The van der Waals surface area contributed by atoms with E-state index < -0.39 is 24.1 Å². The molecule has 0 spiro atoms. The molecule has 180 valence electrons. The summed E-state index contributed by atoms with van der Waals surface area (Å²) in [4.78, 5) is 40.6. The molecule has 5 rings (SSSR count). The molecule has 35 heavy (non-hydrogen) atoms. The topological polar surface area (TPSA) is 140 Å². The van der Waals surface area contributed by atoms with Gasteiger partial charge in [0, 0.05) is 12.0 Å². The van der Waals surface area contributed by atoms with E-state index in [2.05, 4.69) is 28.1 Å². The number of alkyl carbamates (subject to hydrolysis) is 1. The fraction of sp³-hybridized carbons (Fsp3) is 0.280. The quantitative estimate of drug-likeness (QED) is 0.399. The summed E-state index contributed by atoms with van der Waals surface area (Å²) >= 11 is 0. The third-order valence-corrected chi connectivity index (χ3v) is 6.11. The van der Waals surface area contributed by atoms with E-state index in [9.17, 15) is 14.4 Å². The molecule has 1 fully saturated rings. The molecule has 2 aromatic carbocycles. The first-order valence-corrected chi connectivity index (χ1v) is 11.2. The number of carbonyl (C=O) groups excluding carboxylic acids is 2. The Hall–Kier alpha value is -4.18. The van der Waals surface area contributed by atoms with Crippen molar-refractivity contribution >= 4 is 18.0 Å². The predicted molar refractivity (Wildman–Crippen MR) is 121 cm³/mol. The lowest BCUT2D eigenvalue weighted by atomic mass is 9.98. The van der Waals surface area contributed by atoms with Crippen LogP contribution in [0.3, 0.4) is 0 Å². The number of hydroxylamine groups is 1. The number of carboxylic acids is 1. The Kier molecular flexibility index (Phi) is 6.19. The fourth-order valence-corrected chi connectivity index (χ4v) is 4.23. The van der Waals surface area contributed by atoms with Gasteiger partial charge in [-0.2, -0.15) is 0 Å². The molecule has 1 atom stereocenters. The van der Waals surface area contributed by atoms with Crippen LogP contribution in [0.2, 0.25) is 0 Å². The summed E-state index contributed by atoms with van der Waals surface area (Å²) in [5, 5.41) is 15.3. The monoisotopic (exact) mass is 477 g/mol. The number of carbonyl (C=O) groups is 3. The van der Waals surface area contributed by atoms with Crippen molar-refractivity contribution in [2.45, 2.75) is 31.4 Å². The summed E-state index contributed by atoms with van der Waals surface area (Å²) in [6, 6.07) is 17.4. The van der Waals surface area contributed by atoms with E-state index in [-0.39, 0.29) is 36.4 Å². The largest absolute Gasteiger partial charge is 0.479 e. The zero-order valence-corrected chi connectivity index (χ0v) is 18.6. The molecule has 1 unspecified atom stereocenters. The maximum atomic E-state index is 12.3. The standard InChI is InChI=1S/C25H23N3O7/c29-23(28-35-22(24(30)31)14-9-10-14)21-11-15(34-27-21)12-26-25(32)33-13-20-18-7-3-1-5-16(18)17-6-2-4-8-19(17)20/h1-8,11,14,20,22H,9-10,12-13H2,(H,26,32)(H,28,29)(H,30,31). The van der Waals surface area contributed by atoms with Gasteiger partial charge in [0.15, 0.2) is 17.6 Å². The number of nitrogens with one attached hydrogen (secondary N) is 2. The summed E-state index contributed by atoms with van der Waals surface area (Å²) in [7, 11) is 0. The van der Waals surface area contributed by atoms with Crippen molar-refractivity contribution in [3.8, 4) is 11.1 Å². The van der Waals surface area contributed by atoms with Crippen LogP contribution in [0.25, 0.3) is 11.1 Å². The zero-order valence-electron chi connectivity index (χ0n) is 18.6. The lowest BCUT2D eigenvalue weighted by Crippen LogP contribution is -2.35. The number of rotatable bonds is 9. The third-order valence-electron chi connectivity index (χ3n) is 6.11. The molecule has 0 radical (unpaired) electrons. The average Bonchev–Trinajstić information content (AvgIpc) is 3.49. The van der Waals surface area contributed by atoms with Gasteiger partial charge in [-0.15, -0.1) is 0 Å². The predicted octanol–water partition coefficient (Wildman–Crippen LogP) is 3.24. The minimum absolute atomic E-state index is 0.0440. The molecule has 0 aliphatic heterocycles. The normalized spacial score (nSPS) is 15.1. The zero-order chi connectivity index (χ0) is 24.4. The van der Waals surface area contributed by atoms with Gasteiger partial charge in [0.2, 0.25) is 0 Å². The van der Waals surface area contributed by atoms with E-state index in [1.54, 1.807) is 0 Å². The van der Waals surface area contributed by atoms with Crippen molar-refractivity contribution in [2.24, 2.45) is 5.92 Å². The van der Waals surface area contributed by atoms with Crippen LogP contribution < -0.4 is 10.8 Å². The molecule has 1 saturated carbocycles. The van der Waals surface area contributed by atoms with Crippen molar-refractivity contribution in [1.29, 1.82) is 0 Å². The van der Waals surface area contributed by atoms with Crippen LogP contribution in [0.5, 0.6) is 0 Å². The van der Waals surface area contributed by atoms with Crippen LogP contribution in [-0.2, 0) is 20.9 Å². The Morgan fingerprint density at radius 1 is 1.06 bits per heavy atom. The van der Waals surface area contributed by atoms with Gasteiger partial charge in [-0.25, -0.2) is 15.1 Å². The van der Waals surface area contributed by atoms with E-state index in [1.807, 2.05) is 36.4 Å². The lowest BCUT2D eigenvalue weighted by molar-refractivity contribution is -0.155. The van der Waals surface area contributed by atoms with Gasteiger partial charge < -0.3 is 19.7 Å². The Labute approximate surface area is 200 Å². The van der Waals surface area contributed by atoms with Crippen molar-refractivity contribution in [1.82, 2.24) is 16.0 Å². The summed E-state index contributed by atoms with van der Waals surface area (Å²) in [6.07, 6.45) is -0.253. The molecule has 0 saturated heterocycles. The number of aliphatic carboxylic acids is 1. The molecule has 10 nitrogen and oxygen atoms in total. The molecule has 3 aromatic rings. The summed E-state index contributed by atoms with van der Waals surface area (Å²) in [5.74, 6) is -1.82. The van der Waals surface area contributed by atoms with Crippen LogP contribution >= 0.6 is 0 Å². The number of amides is 2. The molecule has 1 heterocycles. The minimum atomic E-state index is -1.14. The highest BCUT2D eigenvalue weighted by molar-refractivity contribution is 5.91. The van der Waals surface area contributed by atoms with Crippen LogP contribution in [0.4, 0.5) is 4.79 Å². The van der Waals surface area contributed by atoms with Crippen molar-refractivity contribution in [3.05, 3.63) is 77.2 Å². The SMILES string of the molecule is O=C(NCc1cc(C(=O)NOC(C(=O)O)C2CC2)no1)OCC1c2ccccc2-c2ccccc21. The van der Waals surface area contributed by atoms with Gasteiger partial charge in [0.25, 0.3) is 5.91 Å². The third kappa shape index (κ3) is 4.87. The van der Waals surface area contributed by atoms with Crippen molar-refractivity contribution in [2.75, 3.05) is 6.61 Å². The smallest absolute Gasteiger partial charge is 0.407 e. The molecule has 2 amide bonds. The number of aromatic nitrogens is 1. The van der Waals surface area contributed by atoms with Gasteiger partial charge in [0.1, 0.15) is 6.61 Å². The summed E-state index contributed by atoms with van der Waals surface area (Å²) in [6.45, 7) is 0.130. The molecule has 2 aliphatic rings.